The van der Waals surface area contributed by atoms with Gasteiger partial charge in [-0.1, -0.05) is 30.3 Å². The number of H-pyrrole nitrogens is 1. The second kappa shape index (κ2) is 8.61. The summed E-state index contributed by atoms with van der Waals surface area (Å²) in [6.45, 7) is 2.05. The van der Waals surface area contributed by atoms with Crippen LogP contribution >= 0.6 is 0 Å². The van der Waals surface area contributed by atoms with E-state index in [1.165, 1.54) is 0 Å². The quantitative estimate of drug-likeness (QED) is 0.526. The van der Waals surface area contributed by atoms with Crippen molar-refractivity contribution in [2.75, 3.05) is 12.9 Å². The molecule has 0 saturated heterocycles. The van der Waals surface area contributed by atoms with Crippen LogP contribution in [-0.4, -0.2) is 36.8 Å². The van der Waals surface area contributed by atoms with Crippen LogP contribution in [0.25, 0.3) is 22.2 Å². The Morgan fingerprint density at radius 3 is 2.33 bits per heavy atom. The maximum atomic E-state index is 12.3. The molecule has 142 valence electrons. The third-order valence-corrected chi connectivity index (χ3v) is 3.43. The molecule has 2 aromatic carbocycles. The van der Waals surface area contributed by atoms with Gasteiger partial charge in [-0.2, -0.15) is 8.42 Å². The molecule has 0 bridgehead atoms. The van der Waals surface area contributed by atoms with Gasteiger partial charge in [-0.05, 0) is 30.7 Å². The molecule has 27 heavy (non-hydrogen) atoms. The summed E-state index contributed by atoms with van der Waals surface area (Å²) in [7, 11) is -3.67. The van der Waals surface area contributed by atoms with E-state index in [2.05, 4.69) is 4.98 Å². The number of esters is 1. The van der Waals surface area contributed by atoms with E-state index < -0.39 is 16.1 Å². The number of pyridine rings is 1. The predicted octanol–water partition coefficient (Wildman–Crippen LogP) is 2.88. The first-order valence-corrected chi connectivity index (χ1v) is 9.86. The van der Waals surface area contributed by atoms with Gasteiger partial charge in [0.2, 0.25) is 0 Å². The zero-order valence-corrected chi connectivity index (χ0v) is 15.6. The SMILES string of the molecule is CCOC(=O)c1ccc2[nH]c(-c3ccccc3)cc(=O)c2c1.CS(=O)(=O)O. The Bertz CT molecular complexity index is 1100. The Morgan fingerprint density at radius 2 is 1.74 bits per heavy atom. The Kier molecular flexibility index (Phi) is 6.49. The molecule has 0 aliphatic carbocycles. The molecule has 1 aromatic heterocycles. The van der Waals surface area contributed by atoms with Crippen LogP contribution in [0.4, 0.5) is 0 Å². The summed E-state index contributed by atoms with van der Waals surface area (Å²) in [5.41, 5.74) is 2.64. The highest BCUT2D eigenvalue weighted by Crippen LogP contribution is 2.19. The standard InChI is InChI=1S/C18H15NO3.CH4O3S/c1-2-22-18(21)13-8-9-15-14(10-13)17(20)11-16(19-15)12-6-4-3-5-7-12;1-5(2,3)4/h3-11H,2H2,1H3,(H,19,20);1H3,(H,2,3,4). The van der Waals surface area contributed by atoms with E-state index in [4.69, 9.17) is 9.29 Å². The van der Waals surface area contributed by atoms with Crippen molar-refractivity contribution in [2.24, 2.45) is 0 Å². The number of hydrogen-bond donors (Lipinski definition) is 2. The van der Waals surface area contributed by atoms with E-state index in [0.717, 1.165) is 11.3 Å². The minimum Gasteiger partial charge on any atom is -0.462 e. The summed E-state index contributed by atoms with van der Waals surface area (Å²) in [5.74, 6) is -0.420. The first-order chi connectivity index (χ1) is 12.7. The second-order valence-corrected chi connectivity index (χ2v) is 7.09. The molecule has 0 unspecified atom stereocenters. The molecule has 2 N–H and O–H groups in total. The van der Waals surface area contributed by atoms with Crippen LogP contribution in [0.1, 0.15) is 17.3 Å². The maximum Gasteiger partial charge on any atom is 0.338 e. The molecule has 0 spiro atoms. The van der Waals surface area contributed by atoms with Gasteiger partial charge in [0.1, 0.15) is 0 Å². The smallest absolute Gasteiger partial charge is 0.338 e. The molecule has 3 rings (SSSR count). The molecule has 0 aliphatic rings. The highest BCUT2D eigenvalue weighted by molar-refractivity contribution is 7.85. The molecule has 8 heteroatoms. The average Bonchev–Trinajstić information content (AvgIpc) is 2.61. The highest BCUT2D eigenvalue weighted by atomic mass is 32.2. The number of carbonyl (C=O) groups excluding carboxylic acids is 1. The topological polar surface area (TPSA) is 114 Å². The van der Waals surface area contributed by atoms with Crippen molar-refractivity contribution >= 4 is 27.0 Å². The summed E-state index contributed by atoms with van der Waals surface area (Å²) in [6, 6.07) is 16.1. The van der Waals surface area contributed by atoms with Gasteiger partial charge in [-0.25, -0.2) is 4.79 Å². The molecule has 1 heterocycles. The van der Waals surface area contributed by atoms with Crippen molar-refractivity contribution in [3.8, 4) is 11.3 Å². The predicted molar refractivity (Wildman–Crippen MR) is 103 cm³/mol. The summed E-state index contributed by atoms with van der Waals surface area (Å²) < 4.78 is 30.8. The molecule has 3 aromatic rings. The number of aromatic nitrogens is 1. The fraction of sp³-hybridized carbons (Fsp3) is 0.158. The summed E-state index contributed by atoms with van der Waals surface area (Å²) >= 11 is 0. The molecule has 0 radical (unpaired) electrons. The lowest BCUT2D eigenvalue weighted by molar-refractivity contribution is 0.0526. The molecular weight excluding hydrogens is 370 g/mol. The van der Waals surface area contributed by atoms with Gasteiger partial charge in [0.25, 0.3) is 10.1 Å². The van der Waals surface area contributed by atoms with Crippen LogP contribution in [0.2, 0.25) is 0 Å². The Balaban J connectivity index is 0.000000465. The van der Waals surface area contributed by atoms with Crippen LogP contribution in [0.15, 0.2) is 59.4 Å². The van der Waals surface area contributed by atoms with Crippen molar-refractivity contribution in [3.05, 3.63) is 70.4 Å². The lowest BCUT2D eigenvalue weighted by Gasteiger charge is -2.06. The third-order valence-electron chi connectivity index (χ3n) is 3.43. The number of nitrogens with one attached hydrogen (secondary N) is 1. The first-order valence-electron chi connectivity index (χ1n) is 8.01. The largest absolute Gasteiger partial charge is 0.462 e. The fourth-order valence-corrected chi connectivity index (χ4v) is 2.36. The number of rotatable bonds is 3. The zero-order valence-electron chi connectivity index (χ0n) is 14.8. The lowest BCUT2D eigenvalue weighted by Crippen LogP contribution is -2.08. The van der Waals surface area contributed by atoms with Crippen molar-refractivity contribution in [3.63, 3.8) is 0 Å². The van der Waals surface area contributed by atoms with Gasteiger partial charge in [0.15, 0.2) is 5.43 Å². The van der Waals surface area contributed by atoms with Crippen LogP contribution < -0.4 is 5.43 Å². The number of aromatic amines is 1. The van der Waals surface area contributed by atoms with E-state index in [1.54, 1.807) is 31.2 Å². The van der Waals surface area contributed by atoms with Gasteiger partial charge in [0.05, 0.1) is 18.4 Å². The first kappa shape index (κ1) is 20.3. The van der Waals surface area contributed by atoms with Gasteiger partial charge in [0, 0.05) is 22.7 Å². The second-order valence-electron chi connectivity index (χ2n) is 5.63. The molecule has 0 atom stereocenters. The third kappa shape index (κ3) is 6.05. The highest BCUT2D eigenvalue weighted by Gasteiger charge is 2.10. The van der Waals surface area contributed by atoms with Gasteiger partial charge in [-0.15, -0.1) is 0 Å². The average molecular weight is 389 g/mol. The number of benzene rings is 2. The van der Waals surface area contributed by atoms with E-state index in [-0.39, 0.29) is 5.43 Å². The number of hydrogen-bond acceptors (Lipinski definition) is 5. The van der Waals surface area contributed by atoms with Crippen LogP contribution in [-0.2, 0) is 14.9 Å². The van der Waals surface area contributed by atoms with E-state index in [9.17, 15) is 18.0 Å². The molecule has 0 fully saturated rings. The van der Waals surface area contributed by atoms with Crippen molar-refractivity contribution in [2.45, 2.75) is 6.92 Å². The Labute approximate surface area is 156 Å². The van der Waals surface area contributed by atoms with Crippen molar-refractivity contribution in [1.82, 2.24) is 4.98 Å². The minimum atomic E-state index is -3.67. The summed E-state index contributed by atoms with van der Waals surface area (Å²) in [5, 5.41) is 0.477. The normalized spacial score (nSPS) is 10.8. The van der Waals surface area contributed by atoms with E-state index in [1.807, 2.05) is 30.3 Å². The number of carbonyl (C=O) groups is 1. The van der Waals surface area contributed by atoms with Gasteiger partial charge in [-0.3, -0.25) is 9.35 Å². The van der Waals surface area contributed by atoms with Crippen LogP contribution in [0.3, 0.4) is 0 Å². The summed E-state index contributed by atoms with van der Waals surface area (Å²) in [6.07, 6.45) is 0.715. The van der Waals surface area contributed by atoms with Gasteiger partial charge < -0.3 is 9.72 Å². The fourth-order valence-electron chi connectivity index (χ4n) is 2.36. The Morgan fingerprint density at radius 1 is 1.11 bits per heavy atom. The van der Waals surface area contributed by atoms with Crippen LogP contribution in [0, 0.1) is 0 Å². The maximum absolute atomic E-state index is 12.3. The van der Waals surface area contributed by atoms with Crippen LogP contribution in [0.5, 0.6) is 0 Å². The minimum absolute atomic E-state index is 0.126. The summed E-state index contributed by atoms with van der Waals surface area (Å²) in [4.78, 5) is 27.3. The van der Waals surface area contributed by atoms with Crippen molar-refractivity contribution < 1.29 is 22.5 Å². The molecule has 0 amide bonds. The molecule has 0 saturated carbocycles. The molecule has 7 nitrogen and oxygen atoms in total. The molecular formula is C19H19NO6S. The number of ether oxygens (including phenoxy) is 1. The number of fused-ring (bicyclic) bond motifs is 1. The van der Waals surface area contributed by atoms with E-state index in [0.29, 0.717) is 29.3 Å². The molecule has 0 aliphatic heterocycles. The van der Waals surface area contributed by atoms with Crippen molar-refractivity contribution in [1.29, 1.82) is 0 Å². The zero-order chi connectivity index (χ0) is 20.0. The Hall–Kier alpha value is -2.97. The lowest BCUT2D eigenvalue weighted by atomic mass is 10.1. The van der Waals surface area contributed by atoms with E-state index >= 15 is 0 Å². The van der Waals surface area contributed by atoms with Gasteiger partial charge >= 0.3 is 5.97 Å². The monoisotopic (exact) mass is 389 g/mol.